The summed E-state index contributed by atoms with van der Waals surface area (Å²) in [6.45, 7) is 0. The van der Waals surface area contributed by atoms with Gasteiger partial charge < -0.3 is 4.57 Å². The van der Waals surface area contributed by atoms with Gasteiger partial charge in [-0.1, -0.05) is 91.0 Å². The van der Waals surface area contributed by atoms with E-state index < -0.39 is 11.6 Å². The van der Waals surface area contributed by atoms with Crippen LogP contribution >= 0.6 is 0 Å². The molecule has 0 N–H and O–H groups in total. The summed E-state index contributed by atoms with van der Waals surface area (Å²) in [5.74, 6) is -0.168. The maximum Gasteiger partial charge on any atom is 0.164 e. The standard InChI is InChI=1S/C47H26F2N6/c48-36-22-35(23-37(49)25-36)42-26-38(16-18-41(42)47-53-45(31-9-3-1-4-10-31)52-46(54-47)32-11-5-2-6-12-32)55-43-14-8-7-13-39(43)40-17-15-33(24-44(40)55)34-20-29(27-50)19-30(21-34)28-51/h1-26H. The summed E-state index contributed by atoms with van der Waals surface area (Å²) >= 11 is 0. The van der Waals surface area contributed by atoms with Crippen LogP contribution in [0.15, 0.2) is 158 Å². The van der Waals surface area contributed by atoms with E-state index in [4.69, 9.17) is 15.0 Å². The zero-order valence-electron chi connectivity index (χ0n) is 29.0. The largest absolute Gasteiger partial charge is 0.309 e. The number of hydrogen-bond acceptors (Lipinski definition) is 5. The lowest BCUT2D eigenvalue weighted by atomic mass is 9.97. The van der Waals surface area contributed by atoms with E-state index in [1.54, 1.807) is 18.2 Å². The van der Waals surface area contributed by atoms with Crippen LogP contribution in [0.5, 0.6) is 0 Å². The van der Waals surface area contributed by atoms with Gasteiger partial charge in [-0.2, -0.15) is 10.5 Å². The molecule has 0 aliphatic carbocycles. The summed E-state index contributed by atoms with van der Waals surface area (Å²) in [5.41, 5.74) is 7.83. The molecule has 6 nitrogen and oxygen atoms in total. The normalized spacial score (nSPS) is 11.1. The van der Waals surface area contributed by atoms with E-state index in [1.807, 2.05) is 115 Å². The second-order valence-corrected chi connectivity index (χ2v) is 13.0. The Hall–Kier alpha value is -7.81. The van der Waals surface area contributed by atoms with E-state index in [2.05, 4.69) is 22.8 Å². The van der Waals surface area contributed by atoms with Crippen LogP contribution in [0.25, 0.3) is 83.9 Å². The van der Waals surface area contributed by atoms with Crippen molar-refractivity contribution in [1.29, 1.82) is 10.5 Å². The third-order valence-corrected chi connectivity index (χ3v) is 9.57. The molecule has 0 saturated carbocycles. The Bertz CT molecular complexity index is 2920. The Balaban J connectivity index is 1.31. The molecule has 0 unspecified atom stereocenters. The van der Waals surface area contributed by atoms with Gasteiger partial charge in [-0.25, -0.2) is 23.7 Å². The minimum absolute atomic E-state index is 0.316. The number of benzene rings is 7. The van der Waals surface area contributed by atoms with Crippen LogP contribution < -0.4 is 0 Å². The first-order chi connectivity index (χ1) is 26.9. The highest BCUT2D eigenvalue weighted by Gasteiger charge is 2.20. The highest BCUT2D eigenvalue weighted by Crippen LogP contribution is 2.39. The van der Waals surface area contributed by atoms with Crippen LogP contribution in [0.2, 0.25) is 0 Å². The molecule has 0 aliphatic heterocycles. The van der Waals surface area contributed by atoms with Crippen LogP contribution in [-0.4, -0.2) is 19.5 Å². The van der Waals surface area contributed by atoms with Crippen LogP contribution in [0.1, 0.15) is 11.1 Å². The van der Waals surface area contributed by atoms with Gasteiger partial charge in [-0.05, 0) is 82.9 Å². The summed E-state index contributed by atoms with van der Waals surface area (Å²) in [7, 11) is 0. The molecular formula is C47H26F2N6. The Kier molecular flexibility index (Phi) is 8.19. The number of nitrogens with zero attached hydrogens (tertiary/aromatic N) is 6. The van der Waals surface area contributed by atoms with E-state index in [-0.39, 0.29) is 0 Å². The number of para-hydroxylation sites is 1. The summed E-state index contributed by atoms with van der Waals surface area (Å²) in [6.07, 6.45) is 0. The van der Waals surface area contributed by atoms with Gasteiger partial charge in [0.2, 0.25) is 0 Å². The highest BCUT2D eigenvalue weighted by atomic mass is 19.1. The fraction of sp³-hybridized carbons (Fsp3) is 0. The Morgan fingerprint density at radius 1 is 0.418 bits per heavy atom. The number of nitriles is 2. The van der Waals surface area contributed by atoms with Crippen molar-refractivity contribution in [2.45, 2.75) is 0 Å². The number of hydrogen-bond donors (Lipinski definition) is 0. The maximum absolute atomic E-state index is 15.0. The quantitative estimate of drug-likeness (QED) is 0.171. The highest BCUT2D eigenvalue weighted by molar-refractivity contribution is 6.10. The second-order valence-electron chi connectivity index (χ2n) is 13.0. The third kappa shape index (κ3) is 6.14. The minimum Gasteiger partial charge on any atom is -0.309 e. The van der Waals surface area contributed by atoms with E-state index in [0.717, 1.165) is 55.8 Å². The van der Waals surface area contributed by atoms with E-state index in [9.17, 15) is 19.3 Å². The number of rotatable bonds is 6. The van der Waals surface area contributed by atoms with Gasteiger partial charge in [-0.15, -0.1) is 0 Å². The van der Waals surface area contributed by atoms with Gasteiger partial charge >= 0.3 is 0 Å². The lowest BCUT2D eigenvalue weighted by Gasteiger charge is -2.16. The summed E-state index contributed by atoms with van der Waals surface area (Å²) < 4.78 is 32.1. The van der Waals surface area contributed by atoms with Crippen LogP contribution in [0, 0.1) is 34.3 Å². The SMILES string of the molecule is N#Cc1cc(C#N)cc(-c2ccc3c4ccccc4n(-c4ccc(-c5nc(-c6ccccc6)nc(-c6ccccc6)n5)c(-c5cc(F)cc(F)c5)c4)c3c2)c1. The molecule has 258 valence electrons. The Morgan fingerprint density at radius 2 is 1.00 bits per heavy atom. The van der Waals surface area contributed by atoms with Crippen molar-refractivity contribution in [1.82, 2.24) is 19.5 Å². The van der Waals surface area contributed by atoms with Crippen molar-refractivity contribution in [3.8, 4) is 74.2 Å². The fourth-order valence-electron chi connectivity index (χ4n) is 7.10. The molecule has 0 spiro atoms. The molecular weight excluding hydrogens is 687 g/mol. The van der Waals surface area contributed by atoms with Gasteiger partial charge in [-0.3, -0.25) is 0 Å². The molecule has 0 radical (unpaired) electrons. The molecule has 0 saturated heterocycles. The summed E-state index contributed by atoms with van der Waals surface area (Å²) in [5, 5.41) is 21.3. The Morgan fingerprint density at radius 3 is 1.64 bits per heavy atom. The van der Waals surface area contributed by atoms with Crippen molar-refractivity contribution in [3.05, 3.63) is 180 Å². The average Bonchev–Trinajstić information content (AvgIpc) is 3.57. The topological polar surface area (TPSA) is 91.2 Å². The first-order valence-electron chi connectivity index (χ1n) is 17.4. The number of halogens is 2. The van der Waals surface area contributed by atoms with Crippen LogP contribution in [0.4, 0.5) is 8.78 Å². The van der Waals surface area contributed by atoms with Crippen molar-refractivity contribution in [3.63, 3.8) is 0 Å². The Labute approximate surface area is 314 Å². The number of fused-ring (bicyclic) bond motifs is 3. The molecule has 0 fully saturated rings. The van der Waals surface area contributed by atoms with Gasteiger partial charge in [0.25, 0.3) is 0 Å². The average molecular weight is 713 g/mol. The molecule has 7 aromatic carbocycles. The molecule has 8 heteroatoms. The molecule has 0 bridgehead atoms. The van der Waals surface area contributed by atoms with Crippen molar-refractivity contribution in [2.24, 2.45) is 0 Å². The predicted octanol–water partition coefficient (Wildman–Crippen LogP) is 11.3. The fourth-order valence-corrected chi connectivity index (χ4v) is 7.10. The summed E-state index contributed by atoms with van der Waals surface area (Å²) in [6, 6.07) is 51.9. The molecule has 9 aromatic rings. The van der Waals surface area contributed by atoms with Crippen LogP contribution in [0.3, 0.4) is 0 Å². The lowest BCUT2D eigenvalue weighted by Crippen LogP contribution is -2.02. The molecule has 2 heterocycles. The van der Waals surface area contributed by atoms with Gasteiger partial charge in [0.1, 0.15) is 11.6 Å². The molecule has 0 amide bonds. The first kappa shape index (κ1) is 33.1. The molecule has 0 atom stereocenters. The summed E-state index contributed by atoms with van der Waals surface area (Å²) in [4.78, 5) is 14.7. The smallest absolute Gasteiger partial charge is 0.164 e. The monoisotopic (exact) mass is 712 g/mol. The van der Waals surface area contributed by atoms with Gasteiger partial charge in [0, 0.05) is 39.2 Å². The minimum atomic E-state index is -0.713. The van der Waals surface area contributed by atoms with Crippen LogP contribution in [-0.2, 0) is 0 Å². The lowest BCUT2D eigenvalue weighted by molar-refractivity contribution is 0.584. The van der Waals surface area contributed by atoms with E-state index >= 15 is 0 Å². The second kappa shape index (κ2) is 13.6. The van der Waals surface area contributed by atoms with Crippen molar-refractivity contribution < 1.29 is 8.78 Å². The molecule has 55 heavy (non-hydrogen) atoms. The molecule has 2 aromatic heterocycles. The molecule has 9 rings (SSSR count). The first-order valence-corrected chi connectivity index (χ1v) is 17.4. The van der Waals surface area contributed by atoms with E-state index in [0.29, 0.717) is 45.3 Å². The van der Waals surface area contributed by atoms with Gasteiger partial charge in [0.15, 0.2) is 17.5 Å². The molecule has 0 aliphatic rings. The maximum atomic E-state index is 15.0. The third-order valence-electron chi connectivity index (χ3n) is 9.57. The zero-order chi connectivity index (χ0) is 37.5. The predicted molar refractivity (Wildman–Crippen MR) is 211 cm³/mol. The van der Waals surface area contributed by atoms with Crippen molar-refractivity contribution in [2.75, 3.05) is 0 Å². The zero-order valence-corrected chi connectivity index (χ0v) is 29.0. The van der Waals surface area contributed by atoms with E-state index in [1.165, 1.54) is 12.1 Å². The number of aromatic nitrogens is 4. The van der Waals surface area contributed by atoms with Crippen molar-refractivity contribution >= 4 is 21.8 Å². The van der Waals surface area contributed by atoms with Gasteiger partial charge in [0.05, 0.1) is 34.3 Å².